The van der Waals surface area contributed by atoms with E-state index in [1.807, 2.05) is 17.5 Å². The molecular formula is C13H10ClF2NO2S. The van der Waals surface area contributed by atoms with Gasteiger partial charge in [0.25, 0.3) is 0 Å². The lowest BCUT2D eigenvalue weighted by molar-refractivity contribution is -0.115. The van der Waals surface area contributed by atoms with Crippen molar-refractivity contribution in [2.45, 2.75) is 12.0 Å². The van der Waals surface area contributed by atoms with Gasteiger partial charge in [0.05, 0.1) is 6.42 Å². The molecule has 0 fully saturated rings. The highest BCUT2D eigenvalue weighted by molar-refractivity contribution is 7.10. The Bertz CT molecular complexity index is 584. The zero-order chi connectivity index (χ0) is 14.6. The molecule has 0 saturated carbocycles. The SMILES string of the molecule is O=C(Cc1cccs1)Nc1cccc(OC(F)(F)Cl)c1. The van der Waals surface area contributed by atoms with Gasteiger partial charge in [-0.1, -0.05) is 12.1 Å². The summed E-state index contributed by atoms with van der Waals surface area (Å²) in [5.74, 6) is -0.360. The van der Waals surface area contributed by atoms with Crippen LogP contribution >= 0.6 is 22.9 Å². The van der Waals surface area contributed by atoms with Gasteiger partial charge in [-0.15, -0.1) is 20.1 Å². The van der Waals surface area contributed by atoms with Crippen molar-refractivity contribution >= 4 is 34.5 Å². The average molecular weight is 318 g/mol. The van der Waals surface area contributed by atoms with Crippen LogP contribution in [-0.2, 0) is 11.2 Å². The van der Waals surface area contributed by atoms with E-state index >= 15 is 0 Å². The van der Waals surface area contributed by atoms with Crippen molar-refractivity contribution < 1.29 is 18.3 Å². The molecule has 0 aliphatic carbocycles. The lowest BCUT2D eigenvalue weighted by atomic mass is 10.2. The first-order valence-electron chi connectivity index (χ1n) is 5.60. The van der Waals surface area contributed by atoms with E-state index in [1.165, 1.54) is 29.5 Å². The number of hydrogen-bond acceptors (Lipinski definition) is 3. The van der Waals surface area contributed by atoms with Crippen molar-refractivity contribution in [3.63, 3.8) is 0 Å². The molecule has 1 heterocycles. The van der Waals surface area contributed by atoms with Gasteiger partial charge in [0.15, 0.2) is 0 Å². The molecule has 2 rings (SSSR count). The molecule has 20 heavy (non-hydrogen) atoms. The second-order valence-corrected chi connectivity index (χ2v) is 5.35. The fourth-order valence-corrected chi connectivity index (χ4v) is 2.34. The average Bonchev–Trinajstić information content (AvgIpc) is 2.79. The summed E-state index contributed by atoms with van der Waals surface area (Å²) >= 11 is 6.15. The van der Waals surface area contributed by atoms with E-state index in [9.17, 15) is 13.6 Å². The minimum absolute atomic E-state index is 0.126. The molecular weight excluding hydrogens is 308 g/mol. The monoisotopic (exact) mass is 317 g/mol. The summed E-state index contributed by atoms with van der Waals surface area (Å²) in [7, 11) is 0. The normalized spacial score (nSPS) is 11.2. The standard InChI is InChI=1S/C13H10ClF2NO2S/c14-13(15,16)19-10-4-1-3-9(7-10)17-12(18)8-11-5-2-6-20-11/h1-7H,8H2,(H,17,18). The Hall–Kier alpha value is -1.66. The molecule has 0 saturated heterocycles. The first kappa shape index (κ1) is 14.7. The Morgan fingerprint density at radius 3 is 2.80 bits per heavy atom. The van der Waals surface area contributed by atoms with Gasteiger partial charge in [0.1, 0.15) is 5.75 Å². The number of carbonyl (C=O) groups is 1. The number of ether oxygens (including phenoxy) is 1. The van der Waals surface area contributed by atoms with Crippen LogP contribution in [0.25, 0.3) is 0 Å². The Labute approximate surface area is 123 Å². The topological polar surface area (TPSA) is 38.3 Å². The van der Waals surface area contributed by atoms with Crippen LogP contribution in [0, 0.1) is 0 Å². The van der Waals surface area contributed by atoms with Gasteiger partial charge in [0, 0.05) is 28.2 Å². The van der Waals surface area contributed by atoms with E-state index in [0.29, 0.717) is 5.69 Å². The lowest BCUT2D eigenvalue weighted by Crippen LogP contribution is -2.16. The van der Waals surface area contributed by atoms with E-state index in [4.69, 9.17) is 0 Å². The quantitative estimate of drug-likeness (QED) is 0.843. The Morgan fingerprint density at radius 2 is 2.15 bits per heavy atom. The third-order valence-electron chi connectivity index (χ3n) is 2.27. The fraction of sp³-hybridized carbons (Fsp3) is 0.154. The molecule has 0 aliphatic rings. The van der Waals surface area contributed by atoms with Crippen molar-refractivity contribution in [2.24, 2.45) is 0 Å². The maximum absolute atomic E-state index is 12.5. The molecule has 2 aromatic rings. The number of hydrogen-bond donors (Lipinski definition) is 1. The predicted molar refractivity (Wildman–Crippen MR) is 74.5 cm³/mol. The number of amides is 1. The fourth-order valence-electron chi connectivity index (χ4n) is 1.55. The molecule has 7 heteroatoms. The molecule has 0 atom stereocenters. The van der Waals surface area contributed by atoms with Gasteiger partial charge in [-0.25, -0.2) is 0 Å². The summed E-state index contributed by atoms with van der Waals surface area (Å²) < 4.78 is 29.2. The molecule has 0 aliphatic heterocycles. The Kier molecular flexibility index (Phi) is 4.57. The number of alkyl halides is 3. The number of rotatable bonds is 5. The van der Waals surface area contributed by atoms with E-state index in [-0.39, 0.29) is 18.1 Å². The zero-order valence-electron chi connectivity index (χ0n) is 10.1. The smallest absolute Gasteiger partial charge is 0.420 e. The lowest BCUT2D eigenvalue weighted by Gasteiger charge is -2.11. The van der Waals surface area contributed by atoms with Crippen LogP contribution in [0.5, 0.6) is 5.75 Å². The van der Waals surface area contributed by atoms with Crippen LogP contribution < -0.4 is 10.1 Å². The van der Waals surface area contributed by atoms with Crippen LogP contribution in [-0.4, -0.2) is 11.5 Å². The van der Waals surface area contributed by atoms with Gasteiger partial charge < -0.3 is 10.1 Å². The number of carbonyl (C=O) groups excluding carboxylic acids is 1. The second kappa shape index (κ2) is 6.19. The highest BCUT2D eigenvalue weighted by atomic mass is 35.5. The molecule has 1 aromatic carbocycles. The summed E-state index contributed by atoms with van der Waals surface area (Å²) in [6.45, 7) is 0. The summed E-state index contributed by atoms with van der Waals surface area (Å²) in [6.07, 6.45) is 0.231. The Morgan fingerprint density at radius 1 is 1.35 bits per heavy atom. The maximum Gasteiger partial charge on any atom is 0.487 e. The van der Waals surface area contributed by atoms with Gasteiger partial charge in [-0.2, -0.15) is 0 Å². The van der Waals surface area contributed by atoms with Crippen molar-refractivity contribution in [3.8, 4) is 5.75 Å². The van der Waals surface area contributed by atoms with Crippen LogP contribution in [0.3, 0.4) is 0 Å². The molecule has 0 radical (unpaired) electrons. The van der Waals surface area contributed by atoms with E-state index < -0.39 is 5.57 Å². The van der Waals surface area contributed by atoms with Crippen LogP contribution in [0.2, 0.25) is 0 Å². The van der Waals surface area contributed by atoms with Crippen molar-refractivity contribution in [1.29, 1.82) is 0 Å². The molecule has 0 unspecified atom stereocenters. The van der Waals surface area contributed by atoms with Crippen LogP contribution in [0.1, 0.15) is 4.88 Å². The molecule has 1 N–H and O–H groups in total. The van der Waals surface area contributed by atoms with Gasteiger partial charge in [-0.3, -0.25) is 4.79 Å². The first-order chi connectivity index (χ1) is 9.42. The third-order valence-corrected chi connectivity index (χ3v) is 3.22. The second-order valence-electron chi connectivity index (χ2n) is 3.88. The van der Waals surface area contributed by atoms with Crippen molar-refractivity contribution in [3.05, 3.63) is 46.7 Å². The number of benzene rings is 1. The van der Waals surface area contributed by atoms with E-state index in [1.54, 1.807) is 6.07 Å². The Balaban J connectivity index is 1.99. The number of nitrogens with one attached hydrogen (secondary N) is 1. The summed E-state index contributed by atoms with van der Waals surface area (Å²) in [5, 5.41) is 4.48. The molecule has 1 aromatic heterocycles. The molecule has 106 valence electrons. The minimum Gasteiger partial charge on any atom is -0.420 e. The van der Waals surface area contributed by atoms with Gasteiger partial charge in [-0.05, 0) is 23.6 Å². The summed E-state index contributed by atoms with van der Waals surface area (Å²) in [6, 6.07) is 9.36. The maximum atomic E-state index is 12.5. The van der Waals surface area contributed by atoms with Crippen LogP contribution in [0.4, 0.5) is 14.5 Å². The summed E-state index contributed by atoms with van der Waals surface area (Å²) in [5.41, 5.74) is -3.41. The van der Waals surface area contributed by atoms with Gasteiger partial charge in [0.2, 0.25) is 5.91 Å². The highest BCUT2D eigenvalue weighted by Crippen LogP contribution is 2.26. The molecule has 3 nitrogen and oxygen atoms in total. The van der Waals surface area contributed by atoms with Gasteiger partial charge >= 0.3 is 5.57 Å². The van der Waals surface area contributed by atoms with Crippen LogP contribution in [0.15, 0.2) is 41.8 Å². The third kappa shape index (κ3) is 4.79. The largest absolute Gasteiger partial charge is 0.487 e. The zero-order valence-corrected chi connectivity index (χ0v) is 11.7. The molecule has 0 bridgehead atoms. The van der Waals surface area contributed by atoms with E-state index in [2.05, 4.69) is 21.7 Å². The first-order valence-corrected chi connectivity index (χ1v) is 6.86. The predicted octanol–water partition coefficient (Wildman–Crippen LogP) is 4.10. The molecule has 0 spiro atoms. The van der Waals surface area contributed by atoms with E-state index in [0.717, 1.165) is 4.88 Å². The van der Waals surface area contributed by atoms with Crippen molar-refractivity contribution in [1.82, 2.24) is 0 Å². The summed E-state index contributed by atoms with van der Waals surface area (Å²) in [4.78, 5) is 12.7. The van der Waals surface area contributed by atoms with Crippen molar-refractivity contribution in [2.75, 3.05) is 5.32 Å². The molecule has 1 amide bonds. The number of halogens is 3. The number of thiophene rings is 1. The highest BCUT2D eigenvalue weighted by Gasteiger charge is 2.27. The minimum atomic E-state index is -3.78. The number of anilines is 1.